The minimum atomic E-state index is -0.528. The van der Waals surface area contributed by atoms with Crippen molar-refractivity contribution >= 4 is 18.0 Å². The molecule has 0 aromatic rings. The van der Waals surface area contributed by atoms with Gasteiger partial charge in [-0.3, -0.25) is 4.79 Å². The summed E-state index contributed by atoms with van der Waals surface area (Å²) in [6.07, 6.45) is 3.49. The number of hydrogen-bond donors (Lipinski definition) is 1. The molecule has 3 aliphatic rings. The number of likely N-dealkylation sites (tertiary alicyclic amines) is 2. The van der Waals surface area contributed by atoms with Crippen LogP contribution in [0.1, 0.15) is 46.0 Å². The normalized spacial score (nSPS) is 25.3. The van der Waals surface area contributed by atoms with Crippen LogP contribution in [0.25, 0.3) is 0 Å². The molecule has 0 bridgehead atoms. The van der Waals surface area contributed by atoms with Gasteiger partial charge in [-0.05, 0) is 25.2 Å². The molecule has 1 spiro atoms. The van der Waals surface area contributed by atoms with Gasteiger partial charge in [0.2, 0.25) is 5.91 Å². The maximum Gasteiger partial charge on any atom is 0.410 e. The van der Waals surface area contributed by atoms with E-state index in [1.54, 1.807) is 9.80 Å². The third kappa shape index (κ3) is 3.73. The average Bonchev–Trinajstić information content (AvgIpc) is 3.18. The quantitative estimate of drug-likeness (QED) is 0.813. The molecule has 0 radical (unpaired) electrons. The van der Waals surface area contributed by atoms with Crippen LogP contribution < -0.4 is 5.73 Å². The predicted molar refractivity (Wildman–Crippen MR) is 95.4 cm³/mol. The van der Waals surface area contributed by atoms with Gasteiger partial charge in [-0.1, -0.05) is 13.8 Å². The standard InChI is InChI=1S/C18H30N4O4/c1-13(2)5-9-21-12-18(26-17(21)25)6-10-20(11-7-18)15(23)14-4-3-8-22(14)16(19)24/h13-14H,3-12H2,1-2H3,(H2,19,24)/t14-/m0/s1. The maximum atomic E-state index is 12.8. The summed E-state index contributed by atoms with van der Waals surface area (Å²) in [7, 11) is 0. The van der Waals surface area contributed by atoms with Gasteiger partial charge in [0.05, 0.1) is 6.54 Å². The van der Waals surface area contributed by atoms with Gasteiger partial charge in [0.1, 0.15) is 11.6 Å². The highest BCUT2D eigenvalue weighted by molar-refractivity contribution is 5.87. The Labute approximate surface area is 154 Å². The second-order valence-corrected chi connectivity index (χ2v) is 8.17. The largest absolute Gasteiger partial charge is 0.441 e. The zero-order valence-electron chi connectivity index (χ0n) is 15.8. The highest BCUT2D eigenvalue weighted by Crippen LogP contribution is 2.34. The summed E-state index contributed by atoms with van der Waals surface area (Å²) in [5.41, 5.74) is 4.91. The van der Waals surface area contributed by atoms with Crippen LogP contribution in [0, 0.1) is 5.92 Å². The first-order valence-corrected chi connectivity index (χ1v) is 9.64. The molecule has 3 rings (SSSR count). The van der Waals surface area contributed by atoms with Gasteiger partial charge in [0.15, 0.2) is 0 Å². The van der Waals surface area contributed by atoms with Gasteiger partial charge in [-0.25, -0.2) is 9.59 Å². The third-order valence-electron chi connectivity index (χ3n) is 5.82. The monoisotopic (exact) mass is 366 g/mol. The number of piperidine rings is 1. The van der Waals surface area contributed by atoms with Crippen molar-refractivity contribution < 1.29 is 19.1 Å². The highest BCUT2D eigenvalue weighted by atomic mass is 16.6. The number of nitrogens with two attached hydrogens (primary N) is 1. The first-order chi connectivity index (χ1) is 12.3. The van der Waals surface area contributed by atoms with E-state index in [1.165, 1.54) is 4.90 Å². The van der Waals surface area contributed by atoms with Crippen LogP contribution in [0.3, 0.4) is 0 Å². The van der Waals surface area contributed by atoms with E-state index in [1.807, 2.05) is 0 Å². The highest BCUT2D eigenvalue weighted by Gasteiger charge is 2.48. The van der Waals surface area contributed by atoms with Crippen molar-refractivity contribution in [3.8, 4) is 0 Å². The van der Waals surface area contributed by atoms with Crippen LogP contribution in [0.15, 0.2) is 0 Å². The number of carbonyl (C=O) groups is 3. The van der Waals surface area contributed by atoms with E-state index in [4.69, 9.17) is 10.5 Å². The lowest BCUT2D eigenvalue weighted by molar-refractivity contribution is -0.138. The number of rotatable bonds is 4. The summed E-state index contributed by atoms with van der Waals surface area (Å²) in [5, 5.41) is 0. The maximum absolute atomic E-state index is 12.8. The first-order valence-electron chi connectivity index (χ1n) is 9.64. The summed E-state index contributed by atoms with van der Waals surface area (Å²) in [4.78, 5) is 41.5. The fourth-order valence-corrected chi connectivity index (χ4v) is 4.17. The van der Waals surface area contributed by atoms with Crippen molar-refractivity contribution in [1.29, 1.82) is 0 Å². The Morgan fingerprint density at radius 1 is 1.27 bits per heavy atom. The summed E-state index contributed by atoms with van der Waals surface area (Å²) in [5.74, 6) is 0.510. The number of urea groups is 1. The summed E-state index contributed by atoms with van der Waals surface area (Å²) < 4.78 is 5.71. The Hall–Kier alpha value is -1.99. The van der Waals surface area contributed by atoms with Crippen LogP contribution in [-0.4, -0.2) is 77.1 Å². The average molecular weight is 366 g/mol. The van der Waals surface area contributed by atoms with Gasteiger partial charge in [0, 0.05) is 39.0 Å². The van der Waals surface area contributed by atoms with Crippen molar-refractivity contribution in [3.05, 3.63) is 0 Å². The van der Waals surface area contributed by atoms with Crippen LogP contribution in [-0.2, 0) is 9.53 Å². The summed E-state index contributed by atoms with van der Waals surface area (Å²) in [6.45, 7) is 7.25. The lowest BCUT2D eigenvalue weighted by Crippen LogP contribution is -2.54. The molecule has 3 saturated heterocycles. The van der Waals surface area contributed by atoms with Crippen molar-refractivity contribution in [2.24, 2.45) is 11.7 Å². The number of ether oxygens (including phenoxy) is 1. The molecule has 146 valence electrons. The number of amides is 4. The molecule has 0 saturated carbocycles. The van der Waals surface area contributed by atoms with Crippen LogP contribution in [0.4, 0.5) is 9.59 Å². The SMILES string of the molecule is CC(C)CCN1CC2(CCN(C(=O)[C@@H]3CCCN3C(N)=O)CC2)OC1=O. The summed E-state index contributed by atoms with van der Waals surface area (Å²) >= 11 is 0. The zero-order valence-corrected chi connectivity index (χ0v) is 15.8. The Balaban J connectivity index is 1.55. The molecule has 0 unspecified atom stereocenters. The number of hydrogen-bond acceptors (Lipinski definition) is 4. The molecule has 4 amide bonds. The molecule has 2 N–H and O–H groups in total. The molecule has 26 heavy (non-hydrogen) atoms. The molecule has 3 aliphatic heterocycles. The predicted octanol–water partition coefficient (Wildman–Crippen LogP) is 1.39. The Morgan fingerprint density at radius 2 is 1.96 bits per heavy atom. The second-order valence-electron chi connectivity index (χ2n) is 8.17. The number of primary amides is 1. The van der Waals surface area contributed by atoms with Gasteiger partial charge in [-0.15, -0.1) is 0 Å². The minimum absolute atomic E-state index is 0.0304. The Bertz CT molecular complexity index is 572. The number of carbonyl (C=O) groups excluding carboxylic acids is 3. The first kappa shape index (κ1) is 18.8. The molecular formula is C18H30N4O4. The van der Waals surface area contributed by atoms with Crippen LogP contribution >= 0.6 is 0 Å². The fraction of sp³-hybridized carbons (Fsp3) is 0.833. The molecule has 0 aliphatic carbocycles. The topological polar surface area (TPSA) is 96.2 Å². The van der Waals surface area contributed by atoms with Gasteiger partial charge >= 0.3 is 12.1 Å². The van der Waals surface area contributed by atoms with E-state index < -0.39 is 17.7 Å². The minimum Gasteiger partial charge on any atom is -0.441 e. The fourth-order valence-electron chi connectivity index (χ4n) is 4.17. The van der Waals surface area contributed by atoms with E-state index in [2.05, 4.69) is 13.8 Å². The van der Waals surface area contributed by atoms with Crippen molar-refractivity contribution in [3.63, 3.8) is 0 Å². The molecule has 0 aromatic heterocycles. The molecule has 0 aromatic carbocycles. The van der Waals surface area contributed by atoms with E-state index in [9.17, 15) is 14.4 Å². The lowest BCUT2D eigenvalue weighted by atomic mass is 9.90. The van der Waals surface area contributed by atoms with Crippen LogP contribution in [0.5, 0.6) is 0 Å². The van der Waals surface area contributed by atoms with E-state index >= 15 is 0 Å². The van der Waals surface area contributed by atoms with Crippen molar-refractivity contribution in [2.75, 3.05) is 32.7 Å². The molecule has 3 heterocycles. The smallest absolute Gasteiger partial charge is 0.410 e. The Kier molecular flexibility index (Phi) is 5.29. The molecule has 8 heteroatoms. The van der Waals surface area contributed by atoms with Gasteiger partial charge < -0.3 is 25.2 Å². The van der Waals surface area contributed by atoms with E-state index in [-0.39, 0.29) is 12.0 Å². The van der Waals surface area contributed by atoms with E-state index in [0.29, 0.717) is 51.4 Å². The van der Waals surface area contributed by atoms with Crippen molar-refractivity contribution in [1.82, 2.24) is 14.7 Å². The third-order valence-corrected chi connectivity index (χ3v) is 5.82. The number of nitrogens with zero attached hydrogens (tertiary/aromatic N) is 3. The Morgan fingerprint density at radius 3 is 2.58 bits per heavy atom. The zero-order chi connectivity index (χ0) is 18.9. The molecule has 1 atom stereocenters. The lowest BCUT2D eigenvalue weighted by Gasteiger charge is -2.39. The molecular weight excluding hydrogens is 336 g/mol. The summed E-state index contributed by atoms with van der Waals surface area (Å²) in [6, 6.07) is -0.963. The van der Waals surface area contributed by atoms with Crippen LogP contribution in [0.2, 0.25) is 0 Å². The second kappa shape index (κ2) is 7.32. The van der Waals surface area contributed by atoms with Gasteiger partial charge in [0.25, 0.3) is 0 Å². The molecule has 8 nitrogen and oxygen atoms in total. The van der Waals surface area contributed by atoms with Gasteiger partial charge in [-0.2, -0.15) is 0 Å². The van der Waals surface area contributed by atoms with Crippen molar-refractivity contribution in [2.45, 2.75) is 57.6 Å². The molecule has 3 fully saturated rings. The van der Waals surface area contributed by atoms with E-state index in [0.717, 1.165) is 19.4 Å².